The maximum absolute atomic E-state index is 8.96. The molecule has 7 nitrogen and oxygen atoms in total. The van der Waals surface area contributed by atoms with Crippen LogP contribution in [0.3, 0.4) is 0 Å². The third-order valence-electron chi connectivity index (χ3n) is 1.72. The van der Waals surface area contributed by atoms with Gasteiger partial charge in [0.1, 0.15) is 24.4 Å². The molecular weight excluding hydrogens is 244 g/mol. The highest BCUT2D eigenvalue weighted by atomic mass is 16.6. The molecule has 0 aromatic rings. The number of aliphatic hydroxyl groups excluding tert-OH is 6. The predicted octanol–water partition coefficient (Wildman–Crippen LogP) is -2.15. The number of ether oxygens (including phenoxy) is 1. The van der Waals surface area contributed by atoms with E-state index in [9.17, 15) is 0 Å². The molecule has 1 fully saturated rings. The standard InChI is InChI=1S/C6H14O6.C3H8.C2H4O/c7-1-3(9)5(11)6(12)4(10)2-8;1-3-2;1-2-3-1/h3-12H,1-2H2;3H2,1-2H3;1-2H2. The molecule has 0 bridgehead atoms. The summed E-state index contributed by atoms with van der Waals surface area (Å²) in [4.78, 5) is 0. The van der Waals surface area contributed by atoms with E-state index in [4.69, 9.17) is 30.6 Å². The van der Waals surface area contributed by atoms with E-state index in [0.29, 0.717) is 0 Å². The lowest BCUT2D eigenvalue weighted by Crippen LogP contribution is -2.46. The summed E-state index contributed by atoms with van der Waals surface area (Å²) in [5.41, 5.74) is 0. The first-order valence-corrected chi connectivity index (χ1v) is 5.97. The fourth-order valence-electron chi connectivity index (χ4n) is 0.671. The quantitative estimate of drug-likeness (QED) is 0.314. The van der Waals surface area contributed by atoms with Crippen molar-refractivity contribution in [1.82, 2.24) is 0 Å². The third kappa shape index (κ3) is 12.2. The van der Waals surface area contributed by atoms with E-state index in [1.165, 1.54) is 6.42 Å². The van der Waals surface area contributed by atoms with Crippen LogP contribution in [-0.4, -0.2) is 81.5 Å². The molecule has 6 N–H and O–H groups in total. The average molecular weight is 270 g/mol. The molecule has 112 valence electrons. The number of rotatable bonds is 5. The highest BCUT2D eigenvalue weighted by Crippen LogP contribution is 2.03. The smallest absolute Gasteiger partial charge is 0.111 e. The van der Waals surface area contributed by atoms with Crippen LogP contribution in [0.5, 0.6) is 0 Å². The number of hydrogen-bond donors (Lipinski definition) is 6. The lowest BCUT2D eigenvalue weighted by atomic mass is 10.0. The van der Waals surface area contributed by atoms with Gasteiger partial charge in [0, 0.05) is 0 Å². The van der Waals surface area contributed by atoms with Gasteiger partial charge in [-0.1, -0.05) is 20.3 Å². The van der Waals surface area contributed by atoms with Crippen LogP contribution in [0.15, 0.2) is 0 Å². The maximum atomic E-state index is 8.96. The van der Waals surface area contributed by atoms with Gasteiger partial charge >= 0.3 is 0 Å². The highest BCUT2D eigenvalue weighted by molar-refractivity contribution is 4.79. The molecular formula is C11H26O7. The van der Waals surface area contributed by atoms with Crippen molar-refractivity contribution in [2.75, 3.05) is 26.4 Å². The summed E-state index contributed by atoms with van der Waals surface area (Å²) in [6.45, 7) is 4.80. The van der Waals surface area contributed by atoms with E-state index in [1.807, 2.05) is 0 Å². The van der Waals surface area contributed by atoms with E-state index in [1.54, 1.807) is 0 Å². The van der Waals surface area contributed by atoms with Crippen molar-refractivity contribution in [3.05, 3.63) is 0 Å². The first kappa shape index (κ1) is 20.0. The lowest BCUT2D eigenvalue weighted by molar-refractivity contribution is -0.123. The highest BCUT2D eigenvalue weighted by Gasteiger charge is 2.29. The zero-order chi connectivity index (χ0) is 14.6. The monoisotopic (exact) mass is 270 g/mol. The molecule has 1 rings (SSSR count). The Hall–Kier alpha value is -0.280. The lowest BCUT2D eigenvalue weighted by Gasteiger charge is -2.24. The second-order valence-electron chi connectivity index (χ2n) is 3.80. The average Bonchev–Trinajstić information content (AvgIpc) is 3.24. The molecule has 0 aromatic heterocycles. The summed E-state index contributed by atoms with van der Waals surface area (Å²) in [6.07, 6.45) is -5.14. The van der Waals surface area contributed by atoms with Crippen LogP contribution in [0.1, 0.15) is 20.3 Å². The SMILES string of the molecule is C1CO1.CCC.OCC(O)C(O)C(O)C(O)CO. The van der Waals surface area contributed by atoms with E-state index < -0.39 is 37.6 Å². The molecule has 4 atom stereocenters. The molecule has 18 heavy (non-hydrogen) atoms. The van der Waals surface area contributed by atoms with Gasteiger partial charge in [0.05, 0.1) is 26.4 Å². The topological polar surface area (TPSA) is 134 Å². The molecule has 0 aliphatic carbocycles. The normalized spacial score (nSPS) is 19.3. The van der Waals surface area contributed by atoms with Crippen molar-refractivity contribution in [2.45, 2.75) is 44.7 Å². The second kappa shape index (κ2) is 13.2. The van der Waals surface area contributed by atoms with E-state index in [2.05, 4.69) is 18.6 Å². The Balaban J connectivity index is 0. The Morgan fingerprint density at radius 2 is 1.06 bits per heavy atom. The van der Waals surface area contributed by atoms with Gasteiger partial charge in [-0.3, -0.25) is 0 Å². The fourth-order valence-corrected chi connectivity index (χ4v) is 0.671. The number of aliphatic hydroxyl groups is 6. The Morgan fingerprint density at radius 3 is 1.17 bits per heavy atom. The molecule has 4 unspecified atom stereocenters. The summed E-state index contributed by atoms with van der Waals surface area (Å²) >= 11 is 0. The number of epoxide rings is 1. The van der Waals surface area contributed by atoms with Gasteiger partial charge in [-0.2, -0.15) is 0 Å². The van der Waals surface area contributed by atoms with Crippen LogP contribution in [0.25, 0.3) is 0 Å². The van der Waals surface area contributed by atoms with Crippen molar-refractivity contribution < 1.29 is 35.4 Å². The molecule has 0 spiro atoms. The van der Waals surface area contributed by atoms with Gasteiger partial charge < -0.3 is 35.4 Å². The summed E-state index contributed by atoms with van der Waals surface area (Å²) in [5, 5.41) is 52.2. The van der Waals surface area contributed by atoms with Gasteiger partial charge in [-0.05, 0) is 0 Å². The van der Waals surface area contributed by atoms with Crippen molar-refractivity contribution in [3.63, 3.8) is 0 Å². The minimum Gasteiger partial charge on any atom is -0.394 e. The summed E-state index contributed by atoms with van der Waals surface area (Å²) < 4.78 is 4.50. The van der Waals surface area contributed by atoms with Crippen molar-refractivity contribution in [2.24, 2.45) is 0 Å². The van der Waals surface area contributed by atoms with Crippen molar-refractivity contribution in [3.8, 4) is 0 Å². The van der Waals surface area contributed by atoms with Crippen LogP contribution in [-0.2, 0) is 4.74 Å². The molecule has 1 saturated heterocycles. The molecule has 0 aromatic carbocycles. The van der Waals surface area contributed by atoms with Gasteiger partial charge in [-0.25, -0.2) is 0 Å². The van der Waals surface area contributed by atoms with Gasteiger partial charge in [-0.15, -0.1) is 0 Å². The largest absolute Gasteiger partial charge is 0.394 e. The van der Waals surface area contributed by atoms with Crippen molar-refractivity contribution >= 4 is 0 Å². The Labute approximate surface area is 107 Å². The summed E-state index contributed by atoms with van der Waals surface area (Å²) in [6, 6.07) is 0. The first-order chi connectivity index (χ1) is 8.45. The third-order valence-corrected chi connectivity index (χ3v) is 1.72. The van der Waals surface area contributed by atoms with E-state index >= 15 is 0 Å². The predicted molar refractivity (Wildman–Crippen MR) is 65.0 cm³/mol. The molecule has 1 aliphatic rings. The van der Waals surface area contributed by atoms with Crippen molar-refractivity contribution in [1.29, 1.82) is 0 Å². The molecule has 1 heterocycles. The number of hydrogen-bond acceptors (Lipinski definition) is 7. The van der Waals surface area contributed by atoms with Gasteiger partial charge in [0.15, 0.2) is 0 Å². The zero-order valence-corrected chi connectivity index (χ0v) is 10.9. The zero-order valence-electron chi connectivity index (χ0n) is 10.9. The van der Waals surface area contributed by atoms with Crippen LogP contribution in [0, 0.1) is 0 Å². The van der Waals surface area contributed by atoms with Crippen LogP contribution >= 0.6 is 0 Å². The van der Waals surface area contributed by atoms with Gasteiger partial charge in [0.25, 0.3) is 0 Å². The minimum atomic E-state index is -1.67. The Morgan fingerprint density at radius 1 is 0.833 bits per heavy atom. The second-order valence-corrected chi connectivity index (χ2v) is 3.80. The maximum Gasteiger partial charge on any atom is 0.111 e. The van der Waals surface area contributed by atoms with E-state index in [-0.39, 0.29) is 0 Å². The Kier molecular flexibility index (Phi) is 14.7. The van der Waals surface area contributed by atoms with Crippen LogP contribution in [0.4, 0.5) is 0 Å². The minimum absolute atomic E-state index is 0.726. The fraction of sp³-hybridized carbons (Fsp3) is 1.00. The molecule has 0 amide bonds. The molecule has 7 heteroatoms. The van der Waals surface area contributed by atoms with Crippen LogP contribution in [0.2, 0.25) is 0 Å². The summed E-state index contributed by atoms with van der Waals surface area (Å²) in [7, 11) is 0. The molecule has 0 saturated carbocycles. The first-order valence-electron chi connectivity index (χ1n) is 5.97. The van der Waals surface area contributed by atoms with Gasteiger partial charge in [0.2, 0.25) is 0 Å². The molecule has 1 aliphatic heterocycles. The van der Waals surface area contributed by atoms with Crippen LogP contribution < -0.4 is 0 Å². The Bertz CT molecular complexity index is 149. The summed E-state index contributed by atoms with van der Waals surface area (Å²) in [5.74, 6) is 0. The molecule has 0 radical (unpaired) electrons. The van der Waals surface area contributed by atoms with E-state index in [0.717, 1.165) is 13.2 Å².